The van der Waals surface area contributed by atoms with E-state index in [1.54, 1.807) is 0 Å². The Labute approximate surface area is 111 Å². The van der Waals surface area contributed by atoms with E-state index in [9.17, 15) is 9.18 Å². The smallest absolute Gasteiger partial charge is 0.256 e. The number of carbonyl (C=O) groups excluding carboxylic acids is 1. The molecule has 0 saturated heterocycles. The number of benzene rings is 1. The van der Waals surface area contributed by atoms with E-state index < -0.39 is 17.3 Å². The zero-order valence-electron chi connectivity index (χ0n) is 10.0. The molecule has 0 aliphatic heterocycles. The lowest BCUT2D eigenvalue weighted by Crippen LogP contribution is -2.51. The van der Waals surface area contributed by atoms with E-state index in [4.69, 9.17) is 17.3 Å². The van der Waals surface area contributed by atoms with E-state index in [0.29, 0.717) is 6.54 Å². The molecule has 0 spiro atoms. The monoisotopic (exact) mass is 270 g/mol. The van der Waals surface area contributed by atoms with Gasteiger partial charge in [-0.3, -0.25) is 4.79 Å². The van der Waals surface area contributed by atoms with Crippen LogP contribution in [0, 0.1) is 5.82 Å². The Kier molecular flexibility index (Phi) is 3.88. The normalized spacial score (nSPS) is 17.7. The van der Waals surface area contributed by atoms with Crippen molar-refractivity contribution >= 4 is 17.5 Å². The highest BCUT2D eigenvalue weighted by Crippen LogP contribution is 2.29. The Morgan fingerprint density at radius 2 is 2.11 bits per heavy atom. The zero-order chi connectivity index (χ0) is 13.2. The Morgan fingerprint density at radius 3 is 2.67 bits per heavy atom. The van der Waals surface area contributed by atoms with Gasteiger partial charge in [-0.05, 0) is 25.0 Å². The molecule has 0 radical (unpaired) electrons. The number of carbonyl (C=O) groups is 1. The fraction of sp³-hybridized carbons (Fsp3) is 0.462. The molecule has 0 atom stereocenters. The van der Waals surface area contributed by atoms with Crippen LogP contribution < -0.4 is 11.1 Å². The molecule has 1 fully saturated rings. The van der Waals surface area contributed by atoms with Gasteiger partial charge in [0.2, 0.25) is 0 Å². The minimum atomic E-state index is -0.606. The quantitative estimate of drug-likeness (QED) is 0.887. The Balaban J connectivity index is 2.22. The molecule has 5 heteroatoms. The van der Waals surface area contributed by atoms with E-state index >= 15 is 0 Å². The van der Waals surface area contributed by atoms with E-state index in [-0.39, 0.29) is 10.6 Å². The number of halogens is 2. The lowest BCUT2D eigenvalue weighted by molar-refractivity contribution is 0.0899. The van der Waals surface area contributed by atoms with Crippen molar-refractivity contribution in [2.24, 2.45) is 5.73 Å². The lowest BCUT2D eigenvalue weighted by atomic mass is 9.97. The summed E-state index contributed by atoms with van der Waals surface area (Å²) in [4.78, 5) is 12.1. The predicted molar refractivity (Wildman–Crippen MR) is 69.1 cm³/mol. The van der Waals surface area contributed by atoms with Gasteiger partial charge in [-0.2, -0.15) is 0 Å². The van der Waals surface area contributed by atoms with Crippen molar-refractivity contribution in [2.75, 3.05) is 6.54 Å². The van der Waals surface area contributed by atoms with Gasteiger partial charge in [0.15, 0.2) is 0 Å². The fourth-order valence-electron chi connectivity index (χ4n) is 2.45. The molecule has 1 saturated carbocycles. The summed E-state index contributed by atoms with van der Waals surface area (Å²) in [6.07, 6.45) is 3.73. The first kappa shape index (κ1) is 13.3. The highest BCUT2D eigenvalue weighted by molar-refractivity contribution is 6.33. The average molecular weight is 271 g/mol. The van der Waals surface area contributed by atoms with Crippen LogP contribution >= 0.6 is 11.6 Å². The number of hydrogen-bond acceptors (Lipinski definition) is 2. The molecular formula is C13H16ClFN2O. The second-order valence-corrected chi connectivity index (χ2v) is 5.15. The van der Waals surface area contributed by atoms with Gasteiger partial charge < -0.3 is 11.1 Å². The third kappa shape index (κ3) is 2.49. The molecule has 98 valence electrons. The van der Waals surface area contributed by atoms with Crippen LogP contribution in [0.1, 0.15) is 36.0 Å². The second kappa shape index (κ2) is 5.24. The van der Waals surface area contributed by atoms with Crippen molar-refractivity contribution in [1.82, 2.24) is 5.32 Å². The van der Waals surface area contributed by atoms with Gasteiger partial charge in [0, 0.05) is 6.54 Å². The molecule has 1 aliphatic carbocycles. The van der Waals surface area contributed by atoms with Gasteiger partial charge in [-0.15, -0.1) is 0 Å². The minimum Gasteiger partial charge on any atom is -0.345 e. The molecule has 1 aromatic rings. The maximum absolute atomic E-state index is 13.6. The second-order valence-electron chi connectivity index (χ2n) is 4.74. The highest BCUT2D eigenvalue weighted by Gasteiger charge is 2.35. The van der Waals surface area contributed by atoms with E-state index in [1.807, 2.05) is 0 Å². The topological polar surface area (TPSA) is 55.1 Å². The van der Waals surface area contributed by atoms with Crippen molar-refractivity contribution in [3.05, 3.63) is 34.6 Å². The fourth-order valence-corrected chi connectivity index (χ4v) is 2.70. The van der Waals surface area contributed by atoms with Gasteiger partial charge in [0.1, 0.15) is 5.82 Å². The molecule has 0 heterocycles. The summed E-state index contributed by atoms with van der Waals surface area (Å²) in [6, 6.07) is 4.20. The molecule has 18 heavy (non-hydrogen) atoms. The van der Waals surface area contributed by atoms with Crippen LogP contribution in [0.25, 0.3) is 0 Å². The summed E-state index contributed by atoms with van der Waals surface area (Å²) in [6.45, 7) is 0.366. The third-order valence-corrected chi connectivity index (χ3v) is 3.83. The Hall–Kier alpha value is -1.13. The van der Waals surface area contributed by atoms with Gasteiger partial charge >= 0.3 is 0 Å². The van der Waals surface area contributed by atoms with E-state index in [0.717, 1.165) is 25.7 Å². The zero-order valence-corrected chi connectivity index (χ0v) is 10.8. The summed E-state index contributed by atoms with van der Waals surface area (Å²) < 4.78 is 13.6. The van der Waals surface area contributed by atoms with Crippen LogP contribution in [-0.2, 0) is 0 Å². The Morgan fingerprint density at radius 1 is 1.44 bits per heavy atom. The number of nitrogens with two attached hydrogens (primary N) is 1. The van der Waals surface area contributed by atoms with Gasteiger partial charge in [0.25, 0.3) is 5.91 Å². The molecule has 2 rings (SSSR count). The summed E-state index contributed by atoms with van der Waals surface area (Å²) in [5.74, 6) is -1.09. The molecular weight excluding hydrogens is 255 g/mol. The molecule has 1 aromatic carbocycles. The van der Waals surface area contributed by atoms with Crippen LogP contribution in [0.2, 0.25) is 5.02 Å². The number of amides is 1. The molecule has 1 aliphatic rings. The predicted octanol–water partition coefficient (Wildman–Crippen LogP) is 2.48. The van der Waals surface area contributed by atoms with Crippen LogP contribution in [0.15, 0.2) is 18.2 Å². The summed E-state index contributed by atoms with van der Waals surface area (Å²) in [7, 11) is 0. The average Bonchev–Trinajstić information content (AvgIpc) is 2.78. The standard InChI is InChI=1S/C13H16ClFN2O/c14-9-4-3-5-10(15)11(9)12(18)17-13(8-16)6-1-2-7-13/h3-5H,1-2,6-8,16H2,(H,17,18). The van der Waals surface area contributed by atoms with Gasteiger partial charge in [-0.1, -0.05) is 30.5 Å². The largest absolute Gasteiger partial charge is 0.345 e. The van der Waals surface area contributed by atoms with E-state index in [2.05, 4.69) is 5.32 Å². The third-order valence-electron chi connectivity index (χ3n) is 3.52. The van der Waals surface area contributed by atoms with Crippen molar-refractivity contribution in [2.45, 2.75) is 31.2 Å². The van der Waals surface area contributed by atoms with E-state index in [1.165, 1.54) is 18.2 Å². The van der Waals surface area contributed by atoms with Crippen molar-refractivity contribution in [1.29, 1.82) is 0 Å². The molecule has 0 unspecified atom stereocenters. The van der Waals surface area contributed by atoms with Crippen LogP contribution in [0.3, 0.4) is 0 Å². The van der Waals surface area contributed by atoms with Crippen molar-refractivity contribution < 1.29 is 9.18 Å². The first-order valence-corrected chi connectivity index (χ1v) is 6.42. The molecule has 0 bridgehead atoms. The highest BCUT2D eigenvalue weighted by atomic mass is 35.5. The maximum Gasteiger partial charge on any atom is 0.256 e. The first-order chi connectivity index (χ1) is 8.58. The van der Waals surface area contributed by atoms with Crippen molar-refractivity contribution in [3.8, 4) is 0 Å². The van der Waals surface area contributed by atoms with Gasteiger partial charge in [0.05, 0.1) is 16.1 Å². The summed E-state index contributed by atoms with van der Waals surface area (Å²) in [5.41, 5.74) is 5.23. The van der Waals surface area contributed by atoms with Crippen LogP contribution in [0.4, 0.5) is 4.39 Å². The van der Waals surface area contributed by atoms with Crippen LogP contribution in [-0.4, -0.2) is 18.0 Å². The molecule has 0 aromatic heterocycles. The summed E-state index contributed by atoms with van der Waals surface area (Å²) >= 11 is 5.87. The molecule has 3 N–H and O–H groups in total. The minimum absolute atomic E-state index is 0.0982. The number of rotatable bonds is 3. The molecule has 1 amide bonds. The SMILES string of the molecule is NCC1(NC(=O)c2c(F)cccc2Cl)CCCC1. The number of hydrogen-bond donors (Lipinski definition) is 2. The number of nitrogens with one attached hydrogen (secondary N) is 1. The summed E-state index contributed by atoms with van der Waals surface area (Å²) in [5, 5.41) is 2.97. The first-order valence-electron chi connectivity index (χ1n) is 6.05. The maximum atomic E-state index is 13.6. The molecule has 3 nitrogen and oxygen atoms in total. The Bertz CT molecular complexity index is 438. The van der Waals surface area contributed by atoms with Crippen LogP contribution in [0.5, 0.6) is 0 Å². The lowest BCUT2D eigenvalue weighted by Gasteiger charge is -2.28. The van der Waals surface area contributed by atoms with Gasteiger partial charge in [-0.25, -0.2) is 4.39 Å². The van der Waals surface area contributed by atoms with Crippen molar-refractivity contribution in [3.63, 3.8) is 0 Å².